The van der Waals surface area contributed by atoms with E-state index < -0.39 is 12.1 Å². The molecule has 0 fully saturated rings. The van der Waals surface area contributed by atoms with E-state index in [0.29, 0.717) is 5.56 Å². The molecule has 4 nitrogen and oxygen atoms in total. The van der Waals surface area contributed by atoms with Gasteiger partial charge in [-0.3, -0.25) is 9.59 Å². The Morgan fingerprint density at radius 3 is 2.50 bits per heavy atom. The average Bonchev–Trinajstić information content (AvgIpc) is 2.26. The van der Waals surface area contributed by atoms with Crippen LogP contribution >= 0.6 is 0 Å². The van der Waals surface area contributed by atoms with E-state index in [4.69, 9.17) is 4.74 Å². The molecule has 0 heterocycles. The quantitative estimate of drug-likeness (QED) is 0.601. The third kappa shape index (κ3) is 4.23. The van der Waals surface area contributed by atoms with Gasteiger partial charge in [0.1, 0.15) is 24.9 Å². The molecule has 0 aliphatic carbocycles. The summed E-state index contributed by atoms with van der Waals surface area (Å²) >= 11 is 0. The second kappa shape index (κ2) is 6.02. The number of carbonyl (C=O) groups excluding carboxylic acids is 2. The Morgan fingerprint density at radius 1 is 1.31 bits per heavy atom. The zero-order valence-electron chi connectivity index (χ0n) is 9.05. The molecule has 0 saturated carbocycles. The van der Waals surface area contributed by atoms with Crippen LogP contribution in [0.4, 0.5) is 0 Å². The number of esters is 1. The summed E-state index contributed by atoms with van der Waals surface area (Å²) in [5.41, 5.74) is 0.679. The summed E-state index contributed by atoms with van der Waals surface area (Å²) in [6.45, 7) is 1.19. The normalized spacial score (nSPS) is 11.9. The van der Waals surface area contributed by atoms with Gasteiger partial charge in [-0.05, 0) is 12.5 Å². The van der Waals surface area contributed by atoms with Crippen LogP contribution in [-0.2, 0) is 14.3 Å². The molecule has 0 aliphatic rings. The fraction of sp³-hybridized carbons (Fsp3) is 0.333. The van der Waals surface area contributed by atoms with Gasteiger partial charge < -0.3 is 9.84 Å². The number of rotatable bonds is 5. The minimum Gasteiger partial charge on any atom is -0.462 e. The molecule has 1 aromatic carbocycles. The van der Waals surface area contributed by atoms with Gasteiger partial charge in [0.2, 0.25) is 0 Å². The van der Waals surface area contributed by atoms with Crippen molar-refractivity contribution in [2.45, 2.75) is 19.4 Å². The monoisotopic (exact) mass is 222 g/mol. The van der Waals surface area contributed by atoms with Crippen molar-refractivity contribution in [1.82, 2.24) is 0 Å². The predicted molar refractivity (Wildman–Crippen MR) is 57.7 cm³/mol. The Morgan fingerprint density at radius 2 is 1.94 bits per heavy atom. The van der Waals surface area contributed by atoms with Crippen LogP contribution in [0, 0.1) is 0 Å². The number of Topliss-reactive ketones (excluding diaryl/α,β-unsaturated/α-hetero) is 1. The Hall–Kier alpha value is -1.68. The molecule has 16 heavy (non-hydrogen) atoms. The molecule has 1 unspecified atom stereocenters. The zero-order valence-corrected chi connectivity index (χ0v) is 9.05. The molecule has 0 spiro atoms. The summed E-state index contributed by atoms with van der Waals surface area (Å²) in [6.07, 6.45) is -1.10. The molecule has 4 heteroatoms. The summed E-state index contributed by atoms with van der Waals surface area (Å²) in [5.74, 6) is -0.860. The summed E-state index contributed by atoms with van der Waals surface area (Å²) in [5, 5.41) is 9.64. The largest absolute Gasteiger partial charge is 0.462 e. The second-order valence-corrected chi connectivity index (χ2v) is 3.49. The number of hydrogen-bond acceptors (Lipinski definition) is 4. The van der Waals surface area contributed by atoms with Crippen molar-refractivity contribution in [3.05, 3.63) is 35.9 Å². The number of carbonyl (C=O) groups is 2. The van der Waals surface area contributed by atoms with Crippen LogP contribution in [0.5, 0.6) is 0 Å². The van der Waals surface area contributed by atoms with E-state index in [-0.39, 0.29) is 18.8 Å². The highest BCUT2D eigenvalue weighted by molar-refractivity contribution is 5.94. The Balaban J connectivity index is 2.39. The van der Waals surface area contributed by atoms with Gasteiger partial charge in [0.05, 0.1) is 0 Å². The molecule has 86 valence electrons. The van der Waals surface area contributed by atoms with Crippen LogP contribution in [-0.4, -0.2) is 23.5 Å². The fourth-order valence-electron chi connectivity index (χ4n) is 1.20. The maximum Gasteiger partial charge on any atom is 0.313 e. The number of ketones is 1. The minimum atomic E-state index is -0.850. The summed E-state index contributed by atoms with van der Waals surface area (Å²) in [4.78, 5) is 21.6. The third-order valence-corrected chi connectivity index (χ3v) is 1.98. The molecular formula is C12H14O4. The molecule has 0 aliphatic heterocycles. The van der Waals surface area contributed by atoms with Crippen molar-refractivity contribution in [2.24, 2.45) is 0 Å². The van der Waals surface area contributed by atoms with E-state index in [0.717, 1.165) is 0 Å². The highest BCUT2D eigenvalue weighted by atomic mass is 16.5. The topological polar surface area (TPSA) is 63.6 Å². The molecule has 0 saturated heterocycles. The first-order valence-corrected chi connectivity index (χ1v) is 4.97. The molecule has 0 aromatic heterocycles. The molecule has 0 bridgehead atoms. The molecule has 0 amide bonds. The van der Waals surface area contributed by atoms with Gasteiger partial charge in [-0.2, -0.15) is 0 Å². The SMILES string of the molecule is CC(=O)CC(=O)OCC(O)c1ccccc1. The van der Waals surface area contributed by atoms with Gasteiger partial charge >= 0.3 is 5.97 Å². The lowest BCUT2D eigenvalue weighted by Gasteiger charge is -2.10. The van der Waals surface area contributed by atoms with Gasteiger partial charge in [0.25, 0.3) is 0 Å². The van der Waals surface area contributed by atoms with Crippen molar-refractivity contribution in [1.29, 1.82) is 0 Å². The molecule has 1 rings (SSSR count). The van der Waals surface area contributed by atoms with E-state index in [9.17, 15) is 14.7 Å². The second-order valence-electron chi connectivity index (χ2n) is 3.49. The fourth-order valence-corrected chi connectivity index (χ4v) is 1.20. The first-order chi connectivity index (χ1) is 7.59. The molecule has 1 atom stereocenters. The number of benzene rings is 1. The summed E-state index contributed by atoms with van der Waals surface area (Å²) in [6, 6.07) is 8.89. The van der Waals surface area contributed by atoms with Gasteiger partial charge in [-0.25, -0.2) is 0 Å². The van der Waals surface area contributed by atoms with Crippen LogP contribution in [0.2, 0.25) is 0 Å². The highest BCUT2D eigenvalue weighted by Gasteiger charge is 2.11. The first kappa shape index (κ1) is 12.4. The van der Waals surface area contributed by atoms with Gasteiger partial charge in [-0.15, -0.1) is 0 Å². The van der Waals surface area contributed by atoms with Crippen molar-refractivity contribution >= 4 is 11.8 Å². The van der Waals surface area contributed by atoms with E-state index in [1.54, 1.807) is 24.3 Å². The van der Waals surface area contributed by atoms with E-state index in [1.165, 1.54) is 6.92 Å². The minimum absolute atomic E-state index is 0.129. The Bertz CT molecular complexity index is 359. The van der Waals surface area contributed by atoms with Gasteiger partial charge in [0.15, 0.2) is 0 Å². The summed E-state index contributed by atoms with van der Waals surface area (Å²) < 4.78 is 4.76. The van der Waals surface area contributed by atoms with Gasteiger partial charge in [-0.1, -0.05) is 30.3 Å². The van der Waals surface area contributed by atoms with Crippen LogP contribution in [0.3, 0.4) is 0 Å². The Kier molecular flexibility index (Phi) is 4.66. The van der Waals surface area contributed by atoms with Crippen molar-refractivity contribution in [3.63, 3.8) is 0 Å². The number of aliphatic hydroxyl groups is 1. The number of ether oxygens (including phenoxy) is 1. The lowest BCUT2D eigenvalue weighted by molar-refractivity contribution is -0.148. The van der Waals surface area contributed by atoms with Crippen molar-refractivity contribution < 1.29 is 19.4 Å². The Labute approximate surface area is 93.9 Å². The standard InChI is InChI=1S/C12H14O4/c1-9(13)7-12(15)16-8-11(14)10-5-3-2-4-6-10/h2-6,11,14H,7-8H2,1H3. The number of hydrogen-bond donors (Lipinski definition) is 1. The zero-order chi connectivity index (χ0) is 12.0. The van der Waals surface area contributed by atoms with Crippen LogP contribution in [0.1, 0.15) is 25.0 Å². The third-order valence-electron chi connectivity index (χ3n) is 1.98. The van der Waals surface area contributed by atoms with Crippen molar-refractivity contribution in [2.75, 3.05) is 6.61 Å². The molecular weight excluding hydrogens is 208 g/mol. The molecule has 1 N–H and O–H groups in total. The molecule has 1 aromatic rings. The van der Waals surface area contributed by atoms with Gasteiger partial charge in [0, 0.05) is 0 Å². The molecule has 0 radical (unpaired) electrons. The van der Waals surface area contributed by atoms with E-state index >= 15 is 0 Å². The summed E-state index contributed by atoms with van der Waals surface area (Å²) in [7, 11) is 0. The number of aliphatic hydroxyl groups excluding tert-OH is 1. The van der Waals surface area contributed by atoms with Crippen molar-refractivity contribution in [3.8, 4) is 0 Å². The lowest BCUT2D eigenvalue weighted by atomic mass is 10.1. The first-order valence-electron chi connectivity index (χ1n) is 4.97. The highest BCUT2D eigenvalue weighted by Crippen LogP contribution is 2.12. The predicted octanol–water partition coefficient (Wildman–Crippen LogP) is 1.24. The lowest BCUT2D eigenvalue weighted by Crippen LogP contribution is -2.14. The van der Waals surface area contributed by atoms with Crippen LogP contribution in [0.15, 0.2) is 30.3 Å². The smallest absolute Gasteiger partial charge is 0.313 e. The maximum atomic E-state index is 11.0. The van der Waals surface area contributed by atoms with Crippen LogP contribution in [0.25, 0.3) is 0 Å². The maximum absolute atomic E-state index is 11.0. The average molecular weight is 222 g/mol. The van der Waals surface area contributed by atoms with Crippen LogP contribution < -0.4 is 0 Å². The van der Waals surface area contributed by atoms with E-state index in [1.807, 2.05) is 6.07 Å². The van der Waals surface area contributed by atoms with E-state index in [2.05, 4.69) is 0 Å².